The number of benzene rings is 2. The van der Waals surface area contributed by atoms with Crippen molar-refractivity contribution in [3.8, 4) is 5.75 Å². The number of methoxy groups -OCH3 is 1. The highest BCUT2D eigenvalue weighted by molar-refractivity contribution is 6.01. The lowest BCUT2D eigenvalue weighted by Crippen LogP contribution is -2.70. The zero-order valence-electron chi connectivity index (χ0n) is 28.5. The van der Waals surface area contributed by atoms with E-state index in [-0.39, 0.29) is 30.9 Å². The van der Waals surface area contributed by atoms with E-state index >= 15 is 8.78 Å². The van der Waals surface area contributed by atoms with Crippen LogP contribution >= 0.6 is 0 Å². The molecule has 49 heavy (non-hydrogen) atoms. The largest absolute Gasteiger partial charge is 0.495 e. The molecular weight excluding hydrogens is 632 g/mol. The average molecular weight is 678 g/mol. The fourth-order valence-corrected chi connectivity index (χ4v) is 10.0. The molecule has 0 aromatic heterocycles. The van der Waals surface area contributed by atoms with E-state index in [0.717, 1.165) is 28.6 Å². The summed E-state index contributed by atoms with van der Waals surface area (Å²) in [7, 11) is 1.65. The van der Waals surface area contributed by atoms with E-state index in [9.17, 15) is 19.8 Å². The second kappa shape index (κ2) is 11.8. The predicted molar refractivity (Wildman–Crippen MR) is 179 cm³/mol. The fourth-order valence-electron chi connectivity index (χ4n) is 10.0. The number of anilines is 1. The summed E-state index contributed by atoms with van der Waals surface area (Å²) in [5.74, 6) is -1.86. The summed E-state index contributed by atoms with van der Waals surface area (Å²) in [6, 6.07) is 14.0. The minimum absolute atomic E-state index is 0.0380. The molecule has 5 aliphatic rings. The highest BCUT2D eigenvalue weighted by atomic mass is 19.1. The minimum Gasteiger partial charge on any atom is -0.495 e. The number of fused-ring (bicyclic) bond motifs is 7. The Bertz CT molecular complexity index is 1730. The molecular formula is C39H45F2NO7. The zero-order chi connectivity index (χ0) is 35.1. The van der Waals surface area contributed by atoms with Crippen molar-refractivity contribution in [1.82, 2.24) is 0 Å². The number of rotatable bonds is 8. The maximum atomic E-state index is 17.6. The summed E-state index contributed by atoms with van der Waals surface area (Å²) < 4.78 is 52.2. The van der Waals surface area contributed by atoms with Gasteiger partial charge < -0.3 is 29.7 Å². The fraction of sp³-hybridized carbons (Fsp3) is 0.538. The van der Waals surface area contributed by atoms with E-state index in [2.05, 4.69) is 25.2 Å². The molecule has 262 valence electrons. The quantitative estimate of drug-likeness (QED) is 0.324. The molecule has 0 amide bonds. The molecule has 3 N–H and O–H groups in total. The molecule has 0 bridgehead atoms. The second-order valence-corrected chi connectivity index (χ2v) is 15.2. The number of alkyl halides is 2. The first kappa shape index (κ1) is 34.0. The molecule has 0 unspecified atom stereocenters. The molecule has 0 radical (unpaired) electrons. The molecule has 10 heteroatoms. The number of hydrogen-bond acceptors (Lipinski definition) is 8. The third-order valence-corrected chi connectivity index (χ3v) is 12.3. The Morgan fingerprint density at radius 2 is 1.82 bits per heavy atom. The number of halogens is 2. The molecule has 7 rings (SSSR count). The summed E-state index contributed by atoms with van der Waals surface area (Å²) in [4.78, 5) is 26.0. The Labute approximate surface area is 285 Å². The van der Waals surface area contributed by atoms with Crippen molar-refractivity contribution in [2.75, 3.05) is 19.0 Å². The van der Waals surface area contributed by atoms with Gasteiger partial charge in [-0.3, -0.25) is 9.59 Å². The predicted octanol–water partition coefficient (Wildman–Crippen LogP) is 5.75. The van der Waals surface area contributed by atoms with Gasteiger partial charge in [-0.15, -0.1) is 0 Å². The summed E-state index contributed by atoms with van der Waals surface area (Å²) in [6.07, 6.45) is -0.788. The van der Waals surface area contributed by atoms with Crippen LogP contribution in [-0.2, 0) is 25.5 Å². The van der Waals surface area contributed by atoms with Gasteiger partial charge in [0.15, 0.2) is 29.1 Å². The highest BCUT2D eigenvalue weighted by Gasteiger charge is 2.80. The zero-order valence-corrected chi connectivity index (χ0v) is 28.5. The van der Waals surface area contributed by atoms with Crippen LogP contribution in [0.2, 0.25) is 0 Å². The molecule has 2 aromatic rings. The number of allylic oxidation sites excluding steroid dienone is 4. The number of carbonyl (C=O) groups excluding carboxylic acids is 2. The summed E-state index contributed by atoms with van der Waals surface area (Å²) in [6.45, 7) is 6.62. The first-order chi connectivity index (χ1) is 23.2. The minimum atomic E-state index is -2.30. The standard InChI is InChI=1S/C39H45F2NO7/c1-21(2)42-30-11-8-23(15-31(30)47-5)14-22-6-9-24(10-7-22)35-48-34-18-26-27-17-29(40)28-16-25(44)12-13-36(28,3)38(27,41)32(45)19-37(26,4)39(34,49-35)33(46)20-43/h6-13,15-16,21,26-27,29,32,34-35,42-43,45H,14,17-20H2,1-5H3/t26-,27-,29-,32-,34+,35+,36-,37-,38-,39+/m0/s1. The number of aliphatic hydroxyl groups excluding tert-OH is 2. The maximum Gasteiger partial charge on any atom is 0.193 e. The monoisotopic (exact) mass is 677 g/mol. The molecule has 4 aliphatic carbocycles. The smallest absolute Gasteiger partial charge is 0.193 e. The van der Waals surface area contributed by atoms with Gasteiger partial charge in [0.1, 0.15) is 18.5 Å². The topological polar surface area (TPSA) is 114 Å². The second-order valence-electron chi connectivity index (χ2n) is 15.2. The maximum absolute atomic E-state index is 17.6. The summed E-state index contributed by atoms with van der Waals surface area (Å²) >= 11 is 0. The normalized spacial score (nSPS) is 39.1. The van der Waals surface area contributed by atoms with Gasteiger partial charge in [0.2, 0.25) is 0 Å². The highest BCUT2D eigenvalue weighted by Crippen LogP contribution is 2.72. The van der Waals surface area contributed by atoms with Gasteiger partial charge in [-0.2, -0.15) is 0 Å². The van der Waals surface area contributed by atoms with Crippen molar-refractivity contribution in [2.24, 2.45) is 22.7 Å². The van der Waals surface area contributed by atoms with Gasteiger partial charge >= 0.3 is 0 Å². The first-order valence-electron chi connectivity index (χ1n) is 17.2. The Morgan fingerprint density at radius 3 is 2.49 bits per heavy atom. The summed E-state index contributed by atoms with van der Waals surface area (Å²) in [5, 5.41) is 25.3. The lowest BCUT2D eigenvalue weighted by molar-refractivity contribution is -0.235. The first-order valence-corrected chi connectivity index (χ1v) is 17.2. The van der Waals surface area contributed by atoms with E-state index in [1.807, 2.05) is 36.4 Å². The van der Waals surface area contributed by atoms with Crippen LogP contribution in [0.5, 0.6) is 5.75 Å². The van der Waals surface area contributed by atoms with E-state index < -0.39 is 76.8 Å². The molecule has 1 aliphatic heterocycles. The van der Waals surface area contributed by atoms with Gasteiger partial charge in [0, 0.05) is 28.4 Å². The van der Waals surface area contributed by atoms with Gasteiger partial charge in [0.05, 0.1) is 25.0 Å². The molecule has 0 spiro atoms. The Morgan fingerprint density at radius 1 is 1.10 bits per heavy atom. The third-order valence-electron chi connectivity index (χ3n) is 12.3. The van der Waals surface area contributed by atoms with Crippen LogP contribution < -0.4 is 10.1 Å². The Kier molecular flexibility index (Phi) is 8.21. The van der Waals surface area contributed by atoms with Crippen molar-refractivity contribution in [2.45, 2.75) is 95.4 Å². The number of ether oxygens (including phenoxy) is 3. The summed E-state index contributed by atoms with van der Waals surface area (Å²) in [5.41, 5.74) is -2.95. The number of carbonyl (C=O) groups is 2. The number of aliphatic hydroxyl groups is 2. The Hall–Kier alpha value is -3.44. The van der Waals surface area contributed by atoms with Gasteiger partial charge in [0.25, 0.3) is 0 Å². The number of ketones is 2. The number of hydrogen-bond donors (Lipinski definition) is 3. The van der Waals surface area contributed by atoms with E-state index in [4.69, 9.17) is 14.2 Å². The van der Waals surface area contributed by atoms with Crippen LogP contribution in [0.25, 0.3) is 0 Å². The third kappa shape index (κ3) is 4.81. The molecule has 3 saturated carbocycles. The van der Waals surface area contributed by atoms with E-state index in [1.165, 1.54) is 12.2 Å². The van der Waals surface area contributed by atoms with Crippen molar-refractivity contribution in [1.29, 1.82) is 0 Å². The van der Waals surface area contributed by atoms with E-state index in [1.54, 1.807) is 21.0 Å². The molecule has 2 aromatic carbocycles. The van der Waals surface area contributed by atoms with Crippen molar-refractivity contribution >= 4 is 17.3 Å². The average Bonchev–Trinajstić information content (AvgIpc) is 3.57. The molecule has 4 fully saturated rings. The lowest BCUT2D eigenvalue weighted by atomic mass is 9.44. The van der Waals surface area contributed by atoms with Gasteiger partial charge in [-0.1, -0.05) is 43.3 Å². The molecule has 10 atom stereocenters. The lowest BCUT2D eigenvalue weighted by Gasteiger charge is -2.63. The van der Waals surface area contributed by atoms with Crippen LogP contribution in [0.1, 0.15) is 69.9 Å². The van der Waals surface area contributed by atoms with Crippen LogP contribution in [0.4, 0.5) is 14.5 Å². The molecule has 8 nitrogen and oxygen atoms in total. The number of nitrogens with one attached hydrogen (secondary N) is 1. The van der Waals surface area contributed by atoms with Crippen LogP contribution in [-0.4, -0.2) is 71.2 Å². The van der Waals surface area contributed by atoms with Crippen molar-refractivity contribution in [3.05, 3.63) is 83.0 Å². The van der Waals surface area contributed by atoms with Crippen LogP contribution in [0.15, 0.2) is 66.3 Å². The molecule has 1 saturated heterocycles. The number of Topliss-reactive ketones (excluding diaryl/α,β-unsaturated/α-hetero) is 1. The van der Waals surface area contributed by atoms with Crippen molar-refractivity contribution in [3.63, 3.8) is 0 Å². The van der Waals surface area contributed by atoms with Gasteiger partial charge in [-0.05, 0) is 93.4 Å². The van der Waals surface area contributed by atoms with Crippen LogP contribution in [0.3, 0.4) is 0 Å². The van der Waals surface area contributed by atoms with Crippen molar-refractivity contribution < 1.29 is 42.8 Å². The SMILES string of the molecule is COc1cc(Cc2ccc([C@@H]3O[C@@H]4C[C@H]5[C@@H]6C[C@H](F)C7=CC(=O)C=C[C@]7(C)[C@@]6(F)[C@@H](O)C[C@]5(C)[C@]4(C(=O)CO)O3)cc2)ccc1NC(C)C. The Balaban J connectivity index is 1.16. The molecule has 1 heterocycles. The van der Waals surface area contributed by atoms with Gasteiger partial charge in [-0.25, -0.2) is 8.78 Å². The van der Waals surface area contributed by atoms with Crippen LogP contribution in [0, 0.1) is 22.7 Å². The van der Waals surface area contributed by atoms with E-state index in [0.29, 0.717) is 12.0 Å².